The summed E-state index contributed by atoms with van der Waals surface area (Å²) in [6, 6.07) is 8.13. The molecule has 0 saturated heterocycles. The number of nitrogens with one attached hydrogen (secondary N) is 1. The van der Waals surface area contributed by atoms with E-state index in [0.717, 1.165) is 18.5 Å². The molecule has 0 heterocycles. The smallest absolute Gasteiger partial charge is 0.160 e. The molecule has 2 heteroatoms. The molecule has 0 spiro atoms. The van der Waals surface area contributed by atoms with E-state index in [9.17, 15) is 4.79 Å². The largest absolute Gasteiger partial charge is 0.362 e. The average molecular weight is 243 g/mol. The fourth-order valence-electron chi connectivity index (χ4n) is 2.48. The molecule has 2 rings (SSSR count). The lowest BCUT2D eigenvalue weighted by Crippen LogP contribution is -2.15. The lowest BCUT2D eigenvalue weighted by Gasteiger charge is -2.18. The van der Waals surface area contributed by atoms with Crippen molar-refractivity contribution in [2.24, 2.45) is 5.92 Å². The molecule has 0 radical (unpaired) electrons. The monoisotopic (exact) mass is 243 g/mol. The van der Waals surface area contributed by atoms with Crippen LogP contribution >= 0.6 is 0 Å². The molecule has 1 fully saturated rings. The van der Waals surface area contributed by atoms with Crippen LogP contribution in [0.2, 0.25) is 0 Å². The van der Waals surface area contributed by atoms with E-state index in [2.05, 4.69) is 24.4 Å². The molecular formula is C16H21NO. The number of rotatable bonds is 4. The van der Waals surface area contributed by atoms with Crippen molar-refractivity contribution < 1.29 is 4.79 Å². The number of allylic oxidation sites excluding steroid dienone is 1. The summed E-state index contributed by atoms with van der Waals surface area (Å²) in [5.41, 5.74) is 2.25. The second-order valence-electron chi connectivity index (χ2n) is 5.08. The van der Waals surface area contributed by atoms with Crippen molar-refractivity contribution in [3.05, 3.63) is 42.1 Å². The van der Waals surface area contributed by atoms with E-state index in [0.29, 0.717) is 0 Å². The van der Waals surface area contributed by atoms with Crippen LogP contribution in [0.25, 0.3) is 0 Å². The van der Waals surface area contributed by atoms with Crippen LogP contribution in [0.4, 0.5) is 5.69 Å². The van der Waals surface area contributed by atoms with Crippen LogP contribution in [0.5, 0.6) is 0 Å². The van der Waals surface area contributed by atoms with E-state index in [1.807, 2.05) is 12.1 Å². The molecule has 96 valence electrons. The highest BCUT2D eigenvalue weighted by Crippen LogP contribution is 2.24. The topological polar surface area (TPSA) is 29.1 Å². The normalized spacial score (nSPS) is 16.9. The van der Waals surface area contributed by atoms with Crippen molar-refractivity contribution in [2.45, 2.75) is 39.0 Å². The molecule has 0 aliphatic heterocycles. The van der Waals surface area contributed by atoms with E-state index in [4.69, 9.17) is 0 Å². The number of hydrogen-bond donors (Lipinski definition) is 1. The van der Waals surface area contributed by atoms with Gasteiger partial charge in [0.05, 0.1) is 0 Å². The molecule has 2 nitrogen and oxygen atoms in total. The van der Waals surface area contributed by atoms with Crippen molar-refractivity contribution in [3.63, 3.8) is 0 Å². The highest BCUT2D eigenvalue weighted by atomic mass is 16.1. The van der Waals surface area contributed by atoms with Gasteiger partial charge in [-0.3, -0.25) is 4.79 Å². The van der Waals surface area contributed by atoms with Crippen molar-refractivity contribution in [3.8, 4) is 0 Å². The maximum Gasteiger partial charge on any atom is 0.160 e. The van der Waals surface area contributed by atoms with Crippen LogP contribution in [-0.2, 0) is 4.79 Å². The van der Waals surface area contributed by atoms with E-state index >= 15 is 0 Å². The highest BCUT2D eigenvalue weighted by molar-refractivity contribution is 5.92. The zero-order valence-electron chi connectivity index (χ0n) is 11.0. The van der Waals surface area contributed by atoms with Gasteiger partial charge in [0.2, 0.25) is 0 Å². The van der Waals surface area contributed by atoms with Gasteiger partial charge in [-0.2, -0.15) is 0 Å². The Kier molecular flexibility index (Phi) is 4.57. The second kappa shape index (κ2) is 6.39. The zero-order valence-corrected chi connectivity index (χ0v) is 11.0. The molecule has 1 aliphatic carbocycles. The molecule has 1 saturated carbocycles. The molecule has 1 aromatic rings. The highest BCUT2D eigenvalue weighted by Gasteiger charge is 2.18. The number of carbonyl (C=O) groups excluding carboxylic acids is 1. The molecule has 0 unspecified atom stereocenters. The Morgan fingerprint density at radius 3 is 2.78 bits per heavy atom. The first kappa shape index (κ1) is 12.9. The molecule has 0 amide bonds. The third-order valence-corrected chi connectivity index (χ3v) is 3.52. The molecule has 1 N–H and O–H groups in total. The third kappa shape index (κ3) is 3.73. The second-order valence-corrected chi connectivity index (χ2v) is 5.08. The number of aryl methyl sites for hydroxylation is 1. The van der Waals surface area contributed by atoms with Crippen molar-refractivity contribution >= 4 is 11.5 Å². The van der Waals surface area contributed by atoms with Gasteiger partial charge in [0.15, 0.2) is 5.78 Å². The quantitative estimate of drug-likeness (QED) is 0.808. The Morgan fingerprint density at radius 2 is 2.06 bits per heavy atom. The predicted octanol–water partition coefficient (Wildman–Crippen LogP) is 4.07. The molecule has 0 bridgehead atoms. The fraction of sp³-hybridized carbons (Fsp3) is 0.438. The molecule has 1 aromatic carbocycles. The summed E-state index contributed by atoms with van der Waals surface area (Å²) in [6.45, 7) is 2.06. The van der Waals surface area contributed by atoms with E-state index in [-0.39, 0.29) is 11.7 Å². The Balaban J connectivity index is 1.85. The lowest BCUT2D eigenvalue weighted by molar-refractivity contribution is -0.119. The third-order valence-electron chi connectivity index (χ3n) is 3.52. The maximum absolute atomic E-state index is 11.9. The first-order valence-electron chi connectivity index (χ1n) is 6.79. The van der Waals surface area contributed by atoms with Gasteiger partial charge in [0.1, 0.15) is 0 Å². The SMILES string of the molecule is Cc1cccc(N/C=C\C(=O)C2CCCCC2)c1. The van der Waals surface area contributed by atoms with E-state index in [1.54, 1.807) is 12.3 Å². The van der Waals surface area contributed by atoms with Crippen LogP contribution in [-0.4, -0.2) is 5.78 Å². The number of benzene rings is 1. The molecule has 18 heavy (non-hydrogen) atoms. The van der Waals surface area contributed by atoms with E-state index < -0.39 is 0 Å². The summed E-state index contributed by atoms with van der Waals surface area (Å²) in [7, 11) is 0. The molecule has 0 atom stereocenters. The zero-order chi connectivity index (χ0) is 12.8. The van der Waals surface area contributed by atoms with Crippen LogP contribution in [0.15, 0.2) is 36.5 Å². The van der Waals surface area contributed by atoms with Gasteiger partial charge < -0.3 is 5.32 Å². The van der Waals surface area contributed by atoms with Crippen LogP contribution in [0.3, 0.4) is 0 Å². The van der Waals surface area contributed by atoms with Gasteiger partial charge in [0, 0.05) is 17.8 Å². The number of ketones is 1. The Hall–Kier alpha value is -1.57. The van der Waals surface area contributed by atoms with Crippen molar-refractivity contribution in [1.82, 2.24) is 0 Å². The summed E-state index contributed by atoms with van der Waals surface area (Å²) in [4.78, 5) is 11.9. The Labute approximate surface area is 109 Å². The predicted molar refractivity (Wildman–Crippen MR) is 75.5 cm³/mol. The number of hydrogen-bond acceptors (Lipinski definition) is 2. The van der Waals surface area contributed by atoms with Gasteiger partial charge in [-0.15, -0.1) is 0 Å². The first-order valence-corrected chi connectivity index (χ1v) is 6.79. The Morgan fingerprint density at radius 1 is 1.28 bits per heavy atom. The van der Waals surface area contributed by atoms with Crippen molar-refractivity contribution in [1.29, 1.82) is 0 Å². The minimum Gasteiger partial charge on any atom is -0.362 e. The van der Waals surface area contributed by atoms with Crippen LogP contribution in [0, 0.1) is 12.8 Å². The first-order chi connectivity index (χ1) is 8.75. The minimum atomic E-state index is 0.259. The summed E-state index contributed by atoms with van der Waals surface area (Å²) < 4.78 is 0. The molecular weight excluding hydrogens is 222 g/mol. The molecule has 0 aromatic heterocycles. The summed E-state index contributed by atoms with van der Waals surface area (Å²) in [5, 5.41) is 3.15. The maximum atomic E-state index is 11.9. The van der Waals surface area contributed by atoms with Crippen molar-refractivity contribution in [2.75, 3.05) is 5.32 Å². The number of carbonyl (C=O) groups is 1. The average Bonchev–Trinajstić information content (AvgIpc) is 2.40. The van der Waals surface area contributed by atoms with Crippen LogP contribution < -0.4 is 5.32 Å². The Bertz CT molecular complexity index is 430. The number of anilines is 1. The van der Waals surface area contributed by atoms with Gasteiger partial charge in [-0.1, -0.05) is 31.4 Å². The van der Waals surface area contributed by atoms with Gasteiger partial charge >= 0.3 is 0 Å². The van der Waals surface area contributed by atoms with Crippen LogP contribution in [0.1, 0.15) is 37.7 Å². The summed E-state index contributed by atoms with van der Waals surface area (Å²) in [5.74, 6) is 0.532. The van der Waals surface area contributed by atoms with Gasteiger partial charge in [-0.05, 0) is 43.5 Å². The minimum absolute atomic E-state index is 0.259. The molecule has 1 aliphatic rings. The van der Waals surface area contributed by atoms with E-state index in [1.165, 1.54) is 24.8 Å². The van der Waals surface area contributed by atoms with Gasteiger partial charge in [0.25, 0.3) is 0 Å². The van der Waals surface area contributed by atoms with Gasteiger partial charge in [-0.25, -0.2) is 0 Å². The lowest BCUT2D eigenvalue weighted by atomic mass is 9.86. The fourth-order valence-corrected chi connectivity index (χ4v) is 2.48. The standard InChI is InChI=1S/C16H21NO/c1-13-6-5-9-15(12-13)17-11-10-16(18)14-7-3-2-4-8-14/h5-6,9-12,14,17H,2-4,7-8H2,1H3/b11-10-. The summed E-state index contributed by atoms with van der Waals surface area (Å²) >= 11 is 0. The summed E-state index contributed by atoms with van der Waals surface area (Å²) in [6.07, 6.45) is 9.28.